The molecule has 0 aliphatic heterocycles. The molecule has 1 unspecified atom stereocenters. The molecule has 12 heavy (non-hydrogen) atoms. The molecule has 0 amide bonds. The second-order valence-electron chi connectivity index (χ2n) is 2.56. The van der Waals surface area contributed by atoms with Crippen molar-refractivity contribution in [3.63, 3.8) is 0 Å². The normalized spacial score (nSPS) is 11.8. The number of methoxy groups -OCH3 is 1. The molecule has 68 valence electrons. The minimum atomic E-state index is -0.235. The van der Waals surface area contributed by atoms with E-state index in [1.165, 1.54) is 7.11 Å². The summed E-state index contributed by atoms with van der Waals surface area (Å²) in [5.74, 6) is 2.04. The summed E-state index contributed by atoms with van der Waals surface area (Å²) < 4.78 is 4.59. The fourth-order valence-electron chi connectivity index (χ4n) is 0.976. The average Bonchev–Trinajstić information content (AvgIpc) is 2.11. The number of esters is 1. The second kappa shape index (κ2) is 6.68. The van der Waals surface area contributed by atoms with Gasteiger partial charge >= 0.3 is 5.97 Å². The number of hydrogen-bond acceptors (Lipinski definition) is 3. The highest BCUT2D eigenvalue weighted by Crippen LogP contribution is 2.11. The van der Waals surface area contributed by atoms with Crippen molar-refractivity contribution < 1.29 is 9.53 Å². The van der Waals surface area contributed by atoms with Gasteiger partial charge in [-0.05, 0) is 19.4 Å². The Labute approximate surface area is 73.3 Å². The first-order valence-corrected chi connectivity index (χ1v) is 3.97. The Morgan fingerprint density at radius 3 is 2.83 bits per heavy atom. The topological polar surface area (TPSA) is 52.3 Å². The molecule has 0 saturated heterocycles. The van der Waals surface area contributed by atoms with Gasteiger partial charge in [0.15, 0.2) is 0 Å². The van der Waals surface area contributed by atoms with E-state index in [1.807, 2.05) is 0 Å². The fourth-order valence-corrected chi connectivity index (χ4v) is 0.976. The van der Waals surface area contributed by atoms with E-state index in [-0.39, 0.29) is 11.9 Å². The molecule has 0 spiro atoms. The Kier molecular flexibility index (Phi) is 6.12. The van der Waals surface area contributed by atoms with Crippen molar-refractivity contribution >= 4 is 5.97 Å². The number of carbonyl (C=O) groups excluding carboxylic acids is 1. The van der Waals surface area contributed by atoms with Crippen LogP contribution >= 0.6 is 0 Å². The van der Waals surface area contributed by atoms with Crippen molar-refractivity contribution in [1.29, 1.82) is 0 Å². The molecule has 0 bridgehead atoms. The van der Waals surface area contributed by atoms with Crippen LogP contribution in [0.4, 0.5) is 0 Å². The molecule has 0 aliphatic carbocycles. The predicted molar refractivity (Wildman–Crippen MR) is 47.2 cm³/mol. The smallest absolute Gasteiger partial charge is 0.309 e. The summed E-state index contributed by atoms with van der Waals surface area (Å²) in [7, 11) is 1.37. The molecule has 0 radical (unpaired) electrons. The summed E-state index contributed by atoms with van der Waals surface area (Å²) in [6.45, 7) is 0.581. The summed E-state index contributed by atoms with van der Waals surface area (Å²) >= 11 is 0. The van der Waals surface area contributed by atoms with Crippen LogP contribution in [0.3, 0.4) is 0 Å². The second-order valence-corrected chi connectivity index (χ2v) is 2.56. The molecule has 0 aromatic carbocycles. The van der Waals surface area contributed by atoms with Gasteiger partial charge in [-0.3, -0.25) is 4.79 Å². The number of rotatable bonds is 5. The summed E-state index contributed by atoms with van der Waals surface area (Å²) in [4.78, 5) is 11.0. The Balaban J connectivity index is 3.87. The standard InChI is InChI=1S/C9H15NO2/c1-3-5-8(6-4-7-10)9(11)12-2/h1,8H,4-7,10H2,2H3. The molecular weight excluding hydrogens is 154 g/mol. The molecule has 1 atom stereocenters. The lowest BCUT2D eigenvalue weighted by Gasteiger charge is -2.10. The third-order valence-electron chi connectivity index (χ3n) is 1.66. The highest BCUT2D eigenvalue weighted by molar-refractivity contribution is 5.72. The summed E-state index contributed by atoms with van der Waals surface area (Å²) in [6.07, 6.45) is 7.06. The van der Waals surface area contributed by atoms with Gasteiger partial charge in [0.2, 0.25) is 0 Å². The Morgan fingerprint density at radius 1 is 1.75 bits per heavy atom. The third kappa shape index (κ3) is 3.99. The van der Waals surface area contributed by atoms with E-state index < -0.39 is 0 Å². The predicted octanol–water partition coefficient (Wildman–Crippen LogP) is 0.538. The zero-order valence-electron chi connectivity index (χ0n) is 7.38. The lowest BCUT2D eigenvalue weighted by Crippen LogP contribution is -2.17. The highest BCUT2D eigenvalue weighted by Gasteiger charge is 2.16. The number of hydrogen-bond donors (Lipinski definition) is 1. The SMILES string of the molecule is C#CCC(CCCN)C(=O)OC. The fraction of sp³-hybridized carbons (Fsp3) is 0.667. The molecule has 0 rings (SSSR count). The van der Waals surface area contributed by atoms with E-state index in [9.17, 15) is 4.79 Å². The molecule has 0 saturated carbocycles. The lowest BCUT2D eigenvalue weighted by atomic mass is 10.0. The van der Waals surface area contributed by atoms with Crippen LogP contribution in [0.15, 0.2) is 0 Å². The average molecular weight is 169 g/mol. The van der Waals surface area contributed by atoms with Crippen LogP contribution in [0.5, 0.6) is 0 Å². The Morgan fingerprint density at radius 2 is 2.42 bits per heavy atom. The maximum Gasteiger partial charge on any atom is 0.309 e. The van der Waals surface area contributed by atoms with Crippen molar-refractivity contribution in [2.24, 2.45) is 11.7 Å². The number of ether oxygens (including phenoxy) is 1. The van der Waals surface area contributed by atoms with E-state index >= 15 is 0 Å². The van der Waals surface area contributed by atoms with Gasteiger partial charge in [-0.25, -0.2) is 0 Å². The maximum absolute atomic E-state index is 11.0. The zero-order valence-corrected chi connectivity index (χ0v) is 7.38. The Bertz CT molecular complexity index is 172. The first-order chi connectivity index (χ1) is 5.76. The van der Waals surface area contributed by atoms with Gasteiger partial charge in [-0.1, -0.05) is 0 Å². The quantitative estimate of drug-likeness (QED) is 0.482. The van der Waals surface area contributed by atoms with Crippen molar-refractivity contribution in [3.05, 3.63) is 0 Å². The van der Waals surface area contributed by atoms with Crippen LogP contribution in [-0.4, -0.2) is 19.6 Å². The van der Waals surface area contributed by atoms with Gasteiger partial charge in [0.05, 0.1) is 13.0 Å². The zero-order chi connectivity index (χ0) is 9.40. The van der Waals surface area contributed by atoms with E-state index in [1.54, 1.807) is 0 Å². The summed E-state index contributed by atoms with van der Waals surface area (Å²) in [5.41, 5.74) is 5.31. The van der Waals surface area contributed by atoms with Crippen molar-refractivity contribution in [1.82, 2.24) is 0 Å². The molecule has 3 nitrogen and oxygen atoms in total. The van der Waals surface area contributed by atoms with Crippen LogP contribution in [0.1, 0.15) is 19.3 Å². The molecule has 2 N–H and O–H groups in total. The molecule has 0 aliphatic rings. The van der Waals surface area contributed by atoms with Gasteiger partial charge in [0, 0.05) is 6.42 Å². The first kappa shape index (κ1) is 11.0. The van der Waals surface area contributed by atoms with Crippen molar-refractivity contribution in [3.8, 4) is 12.3 Å². The number of nitrogens with two attached hydrogens (primary N) is 1. The highest BCUT2D eigenvalue weighted by atomic mass is 16.5. The lowest BCUT2D eigenvalue weighted by molar-refractivity contribution is -0.145. The number of carbonyl (C=O) groups is 1. The maximum atomic E-state index is 11.0. The van der Waals surface area contributed by atoms with Gasteiger partial charge in [-0.2, -0.15) is 0 Å². The van der Waals surface area contributed by atoms with E-state index in [4.69, 9.17) is 12.2 Å². The molecular formula is C9H15NO2. The van der Waals surface area contributed by atoms with Crippen LogP contribution in [0.25, 0.3) is 0 Å². The van der Waals surface area contributed by atoms with E-state index in [0.717, 1.165) is 6.42 Å². The van der Waals surface area contributed by atoms with Gasteiger partial charge in [0.1, 0.15) is 0 Å². The van der Waals surface area contributed by atoms with Crippen LogP contribution in [0, 0.1) is 18.3 Å². The van der Waals surface area contributed by atoms with Crippen LogP contribution < -0.4 is 5.73 Å². The van der Waals surface area contributed by atoms with E-state index in [0.29, 0.717) is 19.4 Å². The van der Waals surface area contributed by atoms with Crippen molar-refractivity contribution in [2.75, 3.05) is 13.7 Å². The van der Waals surface area contributed by atoms with Crippen LogP contribution in [0.2, 0.25) is 0 Å². The number of terminal acetylenes is 1. The molecule has 3 heteroatoms. The minimum Gasteiger partial charge on any atom is -0.469 e. The minimum absolute atomic E-state index is 0.177. The van der Waals surface area contributed by atoms with Crippen molar-refractivity contribution in [2.45, 2.75) is 19.3 Å². The van der Waals surface area contributed by atoms with Gasteiger partial charge < -0.3 is 10.5 Å². The first-order valence-electron chi connectivity index (χ1n) is 3.97. The summed E-state index contributed by atoms with van der Waals surface area (Å²) in [6, 6.07) is 0. The van der Waals surface area contributed by atoms with E-state index in [2.05, 4.69) is 10.7 Å². The van der Waals surface area contributed by atoms with Crippen LogP contribution in [-0.2, 0) is 9.53 Å². The third-order valence-corrected chi connectivity index (χ3v) is 1.66. The largest absolute Gasteiger partial charge is 0.469 e. The molecule has 0 aromatic rings. The molecule has 0 fully saturated rings. The summed E-state index contributed by atoms with van der Waals surface area (Å²) in [5, 5.41) is 0. The molecule has 0 heterocycles. The van der Waals surface area contributed by atoms with Gasteiger partial charge in [-0.15, -0.1) is 12.3 Å². The monoisotopic (exact) mass is 169 g/mol. The Hall–Kier alpha value is -1.01. The van der Waals surface area contributed by atoms with Gasteiger partial charge in [0.25, 0.3) is 0 Å². The molecule has 0 aromatic heterocycles.